The Morgan fingerprint density at radius 3 is 2.85 bits per heavy atom. The highest BCUT2D eigenvalue weighted by Gasteiger charge is 2.25. The number of likely N-dealkylation sites (N-methyl/N-ethyl adjacent to an activating group) is 1. The van der Waals surface area contributed by atoms with Gasteiger partial charge in [0.15, 0.2) is 10.8 Å². The summed E-state index contributed by atoms with van der Waals surface area (Å²) in [4.78, 5) is 10.8. The Hall–Kier alpha value is -1.11. The maximum absolute atomic E-state index is 4.87. The van der Waals surface area contributed by atoms with Crippen LogP contribution in [0.1, 0.15) is 18.5 Å². The minimum atomic E-state index is 0.736. The lowest BCUT2D eigenvalue weighted by molar-refractivity contribution is 0.312. The van der Waals surface area contributed by atoms with Crippen LogP contribution in [0.3, 0.4) is 0 Å². The van der Waals surface area contributed by atoms with Crippen LogP contribution in [0.5, 0.6) is 0 Å². The van der Waals surface area contributed by atoms with Crippen LogP contribution in [0.15, 0.2) is 11.6 Å². The first-order valence-electron chi connectivity index (χ1n) is 7.42. The molecule has 20 heavy (non-hydrogen) atoms. The number of nitrogens with zero attached hydrogens (tertiary/aromatic N) is 4. The van der Waals surface area contributed by atoms with E-state index in [4.69, 9.17) is 4.98 Å². The Balaban J connectivity index is 1.62. The van der Waals surface area contributed by atoms with Gasteiger partial charge in [0.05, 0.1) is 5.69 Å². The zero-order chi connectivity index (χ0) is 13.5. The van der Waals surface area contributed by atoms with E-state index in [0.29, 0.717) is 0 Å². The fraction of sp³-hybridized carbons (Fsp3) is 0.643. The van der Waals surface area contributed by atoms with Crippen molar-refractivity contribution in [1.82, 2.24) is 19.6 Å². The molecule has 2 aromatic rings. The predicted molar refractivity (Wildman–Crippen MR) is 82.6 cm³/mol. The number of hydrogen-bond donors (Lipinski definition) is 1. The summed E-state index contributed by atoms with van der Waals surface area (Å²) in [5, 5.41) is 5.76. The van der Waals surface area contributed by atoms with Crippen molar-refractivity contribution in [3.8, 4) is 0 Å². The number of hydrogen-bond acceptors (Lipinski definition) is 5. The van der Waals surface area contributed by atoms with Crippen molar-refractivity contribution >= 4 is 22.1 Å². The summed E-state index contributed by atoms with van der Waals surface area (Å²) in [5.74, 6) is 1.19. The van der Waals surface area contributed by atoms with E-state index in [9.17, 15) is 0 Å². The standard InChI is InChI=1S/C14H21N5S/c1-17-4-6-18(7-5-17)13-12(10-15-11-2-3-11)19-8-9-20-14(19)16-13/h8-9,11,15H,2-7,10H2,1H3. The molecule has 0 aromatic carbocycles. The molecule has 3 heterocycles. The summed E-state index contributed by atoms with van der Waals surface area (Å²) in [6, 6.07) is 0.736. The Bertz CT molecular complexity index is 592. The molecule has 1 aliphatic carbocycles. The predicted octanol–water partition coefficient (Wildman–Crippen LogP) is 1.40. The number of piperazine rings is 1. The number of nitrogens with one attached hydrogen (secondary N) is 1. The van der Waals surface area contributed by atoms with E-state index in [1.807, 2.05) is 0 Å². The maximum atomic E-state index is 4.87. The first-order valence-corrected chi connectivity index (χ1v) is 8.30. The molecule has 2 fully saturated rings. The largest absolute Gasteiger partial charge is 0.352 e. The van der Waals surface area contributed by atoms with Gasteiger partial charge in [-0.3, -0.25) is 4.40 Å². The van der Waals surface area contributed by atoms with Crippen molar-refractivity contribution in [3.63, 3.8) is 0 Å². The SMILES string of the molecule is CN1CCN(c2nc3sccn3c2CNC2CC2)CC1. The van der Waals surface area contributed by atoms with Gasteiger partial charge < -0.3 is 15.1 Å². The van der Waals surface area contributed by atoms with Crippen molar-refractivity contribution in [2.45, 2.75) is 25.4 Å². The highest BCUT2D eigenvalue weighted by Crippen LogP contribution is 2.27. The summed E-state index contributed by atoms with van der Waals surface area (Å²) < 4.78 is 2.26. The highest BCUT2D eigenvalue weighted by atomic mass is 32.1. The smallest absolute Gasteiger partial charge is 0.195 e. The van der Waals surface area contributed by atoms with Gasteiger partial charge in [0, 0.05) is 50.3 Å². The topological polar surface area (TPSA) is 35.8 Å². The van der Waals surface area contributed by atoms with Crippen LogP contribution < -0.4 is 10.2 Å². The highest BCUT2D eigenvalue weighted by molar-refractivity contribution is 7.15. The number of fused-ring (bicyclic) bond motifs is 1. The number of thiazole rings is 1. The molecule has 1 saturated heterocycles. The van der Waals surface area contributed by atoms with E-state index >= 15 is 0 Å². The second-order valence-electron chi connectivity index (χ2n) is 5.88. The first kappa shape index (κ1) is 12.6. The van der Waals surface area contributed by atoms with E-state index in [0.717, 1.165) is 43.7 Å². The third kappa shape index (κ3) is 2.32. The van der Waals surface area contributed by atoms with E-state index in [2.05, 4.69) is 38.1 Å². The molecule has 2 aromatic heterocycles. The Morgan fingerprint density at radius 2 is 2.10 bits per heavy atom. The minimum Gasteiger partial charge on any atom is -0.352 e. The van der Waals surface area contributed by atoms with Crippen LogP contribution in [0.4, 0.5) is 5.82 Å². The normalized spacial score (nSPS) is 20.9. The molecule has 2 aliphatic rings. The van der Waals surface area contributed by atoms with E-state index in [-0.39, 0.29) is 0 Å². The zero-order valence-corrected chi connectivity index (χ0v) is 12.7. The summed E-state index contributed by atoms with van der Waals surface area (Å²) in [5.41, 5.74) is 1.33. The van der Waals surface area contributed by atoms with Crippen LogP contribution in [0.25, 0.3) is 4.96 Å². The fourth-order valence-corrected chi connectivity index (χ4v) is 3.51. The number of imidazole rings is 1. The molecule has 1 N–H and O–H groups in total. The molecule has 0 amide bonds. The molecule has 108 valence electrons. The van der Waals surface area contributed by atoms with Crippen LogP contribution in [-0.2, 0) is 6.54 Å². The van der Waals surface area contributed by atoms with Crippen molar-refractivity contribution in [1.29, 1.82) is 0 Å². The van der Waals surface area contributed by atoms with E-state index in [1.54, 1.807) is 11.3 Å². The molecule has 4 rings (SSSR count). The average Bonchev–Trinajstić information content (AvgIpc) is 3.05. The summed E-state index contributed by atoms with van der Waals surface area (Å²) in [6.45, 7) is 5.35. The molecule has 6 heteroatoms. The fourth-order valence-electron chi connectivity index (χ4n) is 2.79. The molecule has 0 unspecified atom stereocenters. The van der Waals surface area contributed by atoms with Gasteiger partial charge in [-0.15, -0.1) is 11.3 Å². The molecule has 1 aliphatic heterocycles. The maximum Gasteiger partial charge on any atom is 0.195 e. The molecule has 0 atom stereocenters. The van der Waals surface area contributed by atoms with Gasteiger partial charge >= 0.3 is 0 Å². The van der Waals surface area contributed by atoms with Crippen molar-refractivity contribution in [2.75, 3.05) is 38.1 Å². The Kier molecular flexibility index (Phi) is 3.17. The van der Waals surface area contributed by atoms with Gasteiger partial charge in [-0.2, -0.15) is 0 Å². The molecular formula is C14H21N5S. The van der Waals surface area contributed by atoms with Crippen LogP contribution in [0.2, 0.25) is 0 Å². The molecule has 5 nitrogen and oxygen atoms in total. The summed E-state index contributed by atoms with van der Waals surface area (Å²) in [7, 11) is 2.19. The Morgan fingerprint density at radius 1 is 1.30 bits per heavy atom. The lowest BCUT2D eigenvalue weighted by Crippen LogP contribution is -2.45. The quantitative estimate of drug-likeness (QED) is 0.924. The molecule has 0 radical (unpaired) electrons. The van der Waals surface area contributed by atoms with Crippen LogP contribution in [0, 0.1) is 0 Å². The van der Waals surface area contributed by atoms with E-state index < -0.39 is 0 Å². The average molecular weight is 291 g/mol. The van der Waals surface area contributed by atoms with Crippen molar-refractivity contribution in [2.24, 2.45) is 0 Å². The van der Waals surface area contributed by atoms with Crippen molar-refractivity contribution < 1.29 is 0 Å². The van der Waals surface area contributed by atoms with Crippen LogP contribution >= 0.6 is 11.3 Å². The minimum absolute atomic E-state index is 0.736. The molecule has 0 spiro atoms. The van der Waals surface area contributed by atoms with E-state index in [1.165, 1.54) is 24.4 Å². The number of rotatable bonds is 4. The van der Waals surface area contributed by atoms with Gasteiger partial charge in [-0.25, -0.2) is 4.98 Å². The first-order chi connectivity index (χ1) is 9.81. The number of anilines is 1. The molecule has 1 saturated carbocycles. The zero-order valence-electron chi connectivity index (χ0n) is 11.9. The van der Waals surface area contributed by atoms with Gasteiger partial charge in [0.25, 0.3) is 0 Å². The van der Waals surface area contributed by atoms with Crippen LogP contribution in [-0.4, -0.2) is 53.6 Å². The molecule has 0 bridgehead atoms. The lowest BCUT2D eigenvalue weighted by atomic mass is 10.3. The second kappa shape index (κ2) is 5.02. The second-order valence-corrected chi connectivity index (χ2v) is 6.76. The monoisotopic (exact) mass is 291 g/mol. The lowest BCUT2D eigenvalue weighted by Gasteiger charge is -2.33. The van der Waals surface area contributed by atoms with Gasteiger partial charge in [0.2, 0.25) is 0 Å². The van der Waals surface area contributed by atoms with Gasteiger partial charge in [0.1, 0.15) is 0 Å². The van der Waals surface area contributed by atoms with Crippen molar-refractivity contribution in [3.05, 3.63) is 17.3 Å². The third-order valence-corrected chi connectivity index (χ3v) is 5.03. The summed E-state index contributed by atoms with van der Waals surface area (Å²) >= 11 is 1.72. The Labute approximate surface area is 123 Å². The summed E-state index contributed by atoms with van der Waals surface area (Å²) in [6.07, 6.45) is 4.81. The molecular weight excluding hydrogens is 270 g/mol. The number of aromatic nitrogens is 2. The van der Waals surface area contributed by atoms with Gasteiger partial charge in [-0.05, 0) is 19.9 Å². The van der Waals surface area contributed by atoms with Gasteiger partial charge in [-0.1, -0.05) is 0 Å². The third-order valence-electron chi connectivity index (χ3n) is 4.28.